The van der Waals surface area contributed by atoms with Crippen molar-refractivity contribution in [3.8, 4) is 5.75 Å². The number of phenols is 1. The van der Waals surface area contributed by atoms with Crippen LogP contribution >= 0.6 is 23.2 Å². The number of halogens is 2. The number of nitrogens with one attached hydrogen (secondary N) is 2. The zero-order valence-corrected chi connectivity index (χ0v) is 14.9. The summed E-state index contributed by atoms with van der Waals surface area (Å²) >= 11 is 12.3. The monoisotopic (exact) mass is 378 g/mol. The number of hydrogen-bond acceptors (Lipinski definition) is 4. The minimum absolute atomic E-state index is 0.0109. The van der Waals surface area contributed by atoms with Gasteiger partial charge in [-0.05, 0) is 50.3 Å². The van der Waals surface area contributed by atoms with Crippen LogP contribution in [-0.4, -0.2) is 37.9 Å². The number of sulfonamides is 1. The molecule has 0 bridgehead atoms. The summed E-state index contributed by atoms with van der Waals surface area (Å²) < 4.78 is 26.5. The van der Waals surface area contributed by atoms with Crippen molar-refractivity contribution in [1.29, 1.82) is 0 Å². The van der Waals surface area contributed by atoms with E-state index in [1.165, 1.54) is 0 Å². The number of piperidine rings is 1. The molecule has 3 N–H and O–H groups in total. The van der Waals surface area contributed by atoms with Gasteiger partial charge in [0.1, 0.15) is 5.75 Å². The smallest absolute Gasteiger partial charge is 0.214 e. The summed E-state index contributed by atoms with van der Waals surface area (Å²) in [6, 6.07) is 3.14. The van der Waals surface area contributed by atoms with Gasteiger partial charge in [-0.2, -0.15) is 0 Å². The predicted molar refractivity (Wildman–Crippen MR) is 91.8 cm³/mol. The third-order valence-electron chi connectivity index (χ3n) is 4.51. The Hall–Kier alpha value is -0.530. The largest absolute Gasteiger partial charge is 0.508 e. The highest BCUT2D eigenvalue weighted by Crippen LogP contribution is 2.41. The second-order valence-corrected chi connectivity index (χ2v) is 9.09. The van der Waals surface area contributed by atoms with Crippen LogP contribution < -0.4 is 10.0 Å². The van der Waals surface area contributed by atoms with Crippen LogP contribution in [-0.2, 0) is 10.0 Å². The SMILES string of the molecule is O=S(=O)(NCC1CC(c2c(O)ccc(Cl)c2Cl)CCN1)C1CC1. The van der Waals surface area contributed by atoms with Crippen LogP contribution in [0, 0.1) is 0 Å². The fourth-order valence-corrected chi connectivity index (χ4v) is 4.99. The molecule has 0 spiro atoms. The van der Waals surface area contributed by atoms with Crippen LogP contribution in [0.5, 0.6) is 5.75 Å². The minimum Gasteiger partial charge on any atom is -0.508 e. The van der Waals surface area contributed by atoms with Gasteiger partial charge in [-0.1, -0.05) is 23.2 Å². The fourth-order valence-electron chi connectivity index (χ4n) is 3.08. The highest BCUT2D eigenvalue weighted by atomic mass is 35.5. The van der Waals surface area contributed by atoms with E-state index in [1.807, 2.05) is 0 Å². The third kappa shape index (κ3) is 3.94. The second kappa shape index (κ2) is 6.76. The van der Waals surface area contributed by atoms with Crippen molar-refractivity contribution in [1.82, 2.24) is 10.0 Å². The Kier molecular flexibility index (Phi) is 5.09. The molecule has 1 aliphatic carbocycles. The molecule has 3 rings (SSSR count). The van der Waals surface area contributed by atoms with Crippen molar-refractivity contribution >= 4 is 33.2 Å². The lowest BCUT2D eigenvalue weighted by Gasteiger charge is -2.31. The molecule has 0 amide bonds. The van der Waals surface area contributed by atoms with Crippen LogP contribution in [0.25, 0.3) is 0 Å². The summed E-state index contributed by atoms with van der Waals surface area (Å²) in [5, 5.41) is 14.0. The van der Waals surface area contributed by atoms with Gasteiger partial charge in [-0.3, -0.25) is 0 Å². The van der Waals surface area contributed by atoms with Crippen molar-refractivity contribution in [3.05, 3.63) is 27.7 Å². The first-order chi connectivity index (χ1) is 10.9. The van der Waals surface area contributed by atoms with Gasteiger partial charge < -0.3 is 10.4 Å². The normalized spacial score (nSPS) is 25.5. The molecule has 0 radical (unpaired) electrons. The van der Waals surface area contributed by atoms with Crippen LogP contribution in [0.4, 0.5) is 0 Å². The molecule has 1 aromatic carbocycles. The maximum atomic E-state index is 11.9. The molecule has 128 valence electrons. The molecule has 8 heteroatoms. The van der Waals surface area contributed by atoms with Gasteiger partial charge >= 0.3 is 0 Å². The van der Waals surface area contributed by atoms with Crippen molar-refractivity contribution in [2.75, 3.05) is 13.1 Å². The van der Waals surface area contributed by atoms with E-state index in [-0.39, 0.29) is 23.0 Å². The first kappa shape index (κ1) is 17.3. The number of hydrogen-bond donors (Lipinski definition) is 3. The summed E-state index contributed by atoms with van der Waals surface area (Å²) in [6.07, 6.45) is 3.02. The van der Waals surface area contributed by atoms with E-state index in [4.69, 9.17) is 23.2 Å². The number of phenolic OH excluding ortho intramolecular Hbond substituents is 1. The van der Waals surface area contributed by atoms with E-state index < -0.39 is 10.0 Å². The van der Waals surface area contributed by atoms with Gasteiger partial charge in [-0.15, -0.1) is 0 Å². The molecular formula is C15H20Cl2N2O3S. The Bertz CT molecular complexity index is 692. The predicted octanol–water partition coefficient (Wildman–Crippen LogP) is 2.62. The highest BCUT2D eigenvalue weighted by Gasteiger charge is 2.36. The summed E-state index contributed by atoms with van der Waals surface area (Å²) in [7, 11) is -3.18. The van der Waals surface area contributed by atoms with Crippen molar-refractivity contribution in [2.45, 2.75) is 42.9 Å². The molecule has 2 unspecified atom stereocenters. The molecule has 1 aliphatic heterocycles. The summed E-state index contributed by atoms with van der Waals surface area (Å²) in [5.41, 5.74) is 0.663. The van der Waals surface area contributed by atoms with Gasteiger partial charge in [0, 0.05) is 18.2 Å². The molecule has 1 aromatic rings. The first-order valence-electron chi connectivity index (χ1n) is 7.77. The Labute approximate surface area is 146 Å². The van der Waals surface area contributed by atoms with Crippen LogP contribution in [0.15, 0.2) is 12.1 Å². The van der Waals surface area contributed by atoms with Gasteiger partial charge in [0.25, 0.3) is 0 Å². The van der Waals surface area contributed by atoms with Crippen LogP contribution in [0.1, 0.15) is 37.2 Å². The lowest BCUT2D eigenvalue weighted by Crippen LogP contribution is -2.45. The average molecular weight is 379 g/mol. The molecule has 1 saturated heterocycles. The highest BCUT2D eigenvalue weighted by molar-refractivity contribution is 7.90. The molecule has 2 atom stereocenters. The molecular weight excluding hydrogens is 359 g/mol. The van der Waals surface area contributed by atoms with E-state index in [0.29, 0.717) is 28.6 Å². The van der Waals surface area contributed by atoms with Crippen molar-refractivity contribution < 1.29 is 13.5 Å². The maximum absolute atomic E-state index is 11.9. The summed E-state index contributed by atoms with van der Waals surface area (Å²) in [5.74, 6) is 0.196. The maximum Gasteiger partial charge on any atom is 0.214 e. The summed E-state index contributed by atoms with van der Waals surface area (Å²) in [4.78, 5) is 0. The molecule has 1 heterocycles. The topological polar surface area (TPSA) is 78.4 Å². The van der Waals surface area contributed by atoms with Crippen LogP contribution in [0.2, 0.25) is 10.0 Å². The van der Waals surface area contributed by atoms with Crippen LogP contribution in [0.3, 0.4) is 0 Å². The Morgan fingerprint density at radius 1 is 1.26 bits per heavy atom. The molecule has 2 fully saturated rings. The molecule has 23 heavy (non-hydrogen) atoms. The van der Waals surface area contributed by atoms with E-state index in [2.05, 4.69) is 10.0 Å². The lowest BCUT2D eigenvalue weighted by molar-refractivity contribution is 0.352. The number of aromatic hydroxyl groups is 1. The number of rotatable bonds is 5. The van der Waals surface area contributed by atoms with Crippen molar-refractivity contribution in [3.63, 3.8) is 0 Å². The van der Waals surface area contributed by atoms with E-state index in [1.54, 1.807) is 12.1 Å². The third-order valence-corrected chi connectivity index (χ3v) is 7.24. The quantitative estimate of drug-likeness (QED) is 0.735. The van der Waals surface area contributed by atoms with Gasteiger partial charge in [0.2, 0.25) is 10.0 Å². The Morgan fingerprint density at radius 3 is 2.70 bits per heavy atom. The van der Waals surface area contributed by atoms with E-state index in [9.17, 15) is 13.5 Å². The zero-order chi connectivity index (χ0) is 16.6. The molecule has 2 aliphatic rings. The van der Waals surface area contributed by atoms with E-state index >= 15 is 0 Å². The first-order valence-corrected chi connectivity index (χ1v) is 10.1. The van der Waals surface area contributed by atoms with Gasteiger partial charge in [0.05, 0.1) is 15.3 Å². The Balaban J connectivity index is 1.68. The molecule has 5 nitrogen and oxygen atoms in total. The minimum atomic E-state index is -3.18. The van der Waals surface area contributed by atoms with Gasteiger partial charge in [0.15, 0.2) is 0 Å². The summed E-state index contributed by atoms with van der Waals surface area (Å²) in [6.45, 7) is 1.09. The van der Waals surface area contributed by atoms with Gasteiger partial charge in [-0.25, -0.2) is 13.1 Å². The van der Waals surface area contributed by atoms with E-state index in [0.717, 1.165) is 25.8 Å². The lowest BCUT2D eigenvalue weighted by atomic mass is 9.86. The second-order valence-electron chi connectivity index (χ2n) is 6.26. The standard InChI is InChI=1S/C15H20Cl2N2O3S/c16-12-3-4-13(20)14(15(12)17)9-5-6-18-10(7-9)8-19-23(21,22)11-1-2-11/h3-4,9-11,18-20H,1-2,5-8H2. The zero-order valence-electron chi connectivity index (χ0n) is 12.6. The average Bonchev–Trinajstić information content (AvgIpc) is 3.35. The molecule has 1 saturated carbocycles. The molecule has 0 aromatic heterocycles. The van der Waals surface area contributed by atoms with Crippen molar-refractivity contribution in [2.24, 2.45) is 0 Å². The Morgan fingerprint density at radius 2 is 2.00 bits per heavy atom. The number of benzene rings is 1. The fraction of sp³-hybridized carbons (Fsp3) is 0.600.